The summed E-state index contributed by atoms with van der Waals surface area (Å²) in [4.78, 5) is 12.1. The molecule has 0 aliphatic rings. The topological polar surface area (TPSA) is 46.3 Å². The van der Waals surface area contributed by atoms with E-state index in [2.05, 4.69) is 0 Å². The average molecular weight is 263 g/mol. The molecule has 0 spiro atoms. The van der Waals surface area contributed by atoms with E-state index in [0.717, 1.165) is 10.6 Å². The molecule has 4 heteroatoms. The minimum Gasteiger partial charge on any atom is -0.267 e. The van der Waals surface area contributed by atoms with Gasteiger partial charge in [0.15, 0.2) is 0 Å². The van der Waals surface area contributed by atoms with Crippen LogP contribution in [-0.4, -0.2) is 5.91 Å². The largest absolute Gasteiger partial charge is 0.272 e. The molecule has 0 bridgehead atoms. The first-order chi connectivity index (χ1) is 8.18. The van der Waals surface area contributed by atoms with Crippen molar-refractivity contribution in [2.45, 2.75) is 6.92 Å². The first kappa shape index (κ1) is 14.2. The smallest absolute Gasteiger partial charge is 0.267 e. The molecule has 2 aromatic carbocycles. The average Bonchev–Trinajstić information content (AvgIpc) is 2.38. The Morgan fingerprint density at radius 2 is 1.72 bits per heavy atom. The van der Waals surface area contributed by atoms with Crippen molar-refractivity contribution in [1.29, 1.82) is 0 Å². The number of nitrogens with zero attached hydrogens (tertiary/aromatic N) is 1. The van der Waals surface area contributed by atoms with Crippen molar-refractivity contribution in [3.8, 4) is 0 Å². The lowest BCUT2D eigenvalue weighted by Gasteiger charge is -2.16. The van der Waals surface area contributed by atoms with E-state index in [4.69, 9.17) is 5.84 Å². The highest BCUT2D eigenvalue weighted by Crippen LogP contribution is 2.13. The van der Waals surface area contributed by atoms with Crippen LogP contribution in [0.4, 0.5) is 5.69 Å². The van der Waals surface area contributed by atoms with Crippen molar-refractivity contribution in [3.63, 3.8) is 0 Å². The van der Waals surface area contributed by atoms with E-state index in [9.17, 15) is 4.79 Å². The molecule has 0 atom stereocenters. The predicted octanol–water partition coefficient (Wildman–Crippen LogP) is 2.94. The number of hydrogen-bond donors (Lipinski definition) is 1. The van der Waals surface area contributed by atoms with E-state index in [0.29, 0.717) is 11.3 Å². The maximum Gasteiger partial charge on any atom is 0.272 e. The van der Waals surface area contributed by atoms with Gasteiger partial charge in [-0.1, -0.05) is 35.9 Å². The molecular formula is C14H15ClN2O. The Morgan fingerprint density at radius 3 is 2.33 bits per heavy atom. The van der Waals surface area contributed by atoms with Crippen LogP contribution in [0.15, 0.2) is 54.6 Å². The second-order valence-corrected chi connectivity index (χ2v) is 3.88. The Hall–Kier alpha value is -1.84. The molecule has 2 rings (SSSR count). The lowest BCUT2D eigenvalue weighted by atomic mass is 10.1. The summed E-state index contributed by atoms with van der Waals surface area (Å²) in [5.74, 6) is 5.60. The number of para-hydroxylation sites is 1. The fourth-order valence-corrected chi connectivity index (χ4v) is 1.62. The van der Waals surface area contributed by atoms with Crippen LogP contribution < -0.4 is 10.9 Å². The van der Waals surface area contributed by atoms with Crippen molar-refractivity contribution in [3.05, 3.63) is 65.7 Å². The second-order valence-electron chi connectivity index (χ2n) is 3.88. The van der Waals surface area contributed by atoms with Crippen molar-refractivity contribution in [1.82, 2.24) is 0 Å². The lowest BCUT2D eigenvalue weighted by Crippen LogP contribution is -2.37. The molecule has 0 unspecified atom stereocenters. The van der Waals surface area contributed by atoms with Crippen LogP contribution in [-0.2, 0) is 0 Å². The first-order valence-electron chi connectivity index (χ1n) is 5.39. The van der Waals surface area contributed by atoms with E-state index in [1.807, 2.05) is 43.3 Å². The van der Waals surface area contributed by atoms with Gasteiger partial charge in [-0.05, 0) is 31.2 Å². The third-order valence-electron chi connectivity index (χ3n) is 2.52. The van der Waals surface area contributed by atoms with Gasteiger partial charge in [0.05, 0.1) is 5.69 Å². The van der Waals surface area contributed by atoms with Gasteiger partial charge in [-0.15, -0.1) is 12.4 Å². The van der Waals surface area contributed by atoms with Gasteiger partial charge in [0.1, 0.15) is 0 Å². The third-order valence-corrected chi connectivity index (χ3v) is 2.52. The molecule has 0 saturated carbocycles. The van der Waals surface area contributed by atoms with Gasteiger partial charge in [0.25, 0.3) is 5.91 Å². The fraction of sp³-hybridized carbons (Fsp3) is 0.0714. The first-order valence-corrected chi connectivity index (χ1v) is 5.39. The van der Waals surface area contributed by atoms with Crippen molar-refractivity contribution < 1.29 is 4.79 Å². The molecule has 2 aromatic rings. The minimum atomic E-state index is -0.208. The number of amides is 1. The zero-order valence-corrected chi connectivity index (χ0v) is 10.9. The normalized spacial score (nSPS) is 9.44. The van der Waals surface area contributed by atoms with Gasteiger partial charge in [-0.2, -0.15) is 0 Å². The monoisotopic (exact) mass is 262 g/mol. The molecular weight excluding hydrogens is 248 g/mol. The third kappa shape index (κ3) is 3.09. The Kier molecular flexibility index (Phi) is 4.89. The number of carbonyl (C=O) groups is 1. The van der Waals surface area contributed by atoms with E-state index in [1.54, 1.807) is 18.2 Å². The van der Waals surface area contributed by atoms with Gasteiger partial charge < -0.3 is 0 Å². The van der Waals surface area contributed by atoms with Crippen molar-refractivity contribution in [2.24, 2.45) is 5.84 Å². The summed E-state index contributed by atoms with van der Waals surface area (Å²) in [7, 11) is 0. The van der Waals surface area contributed by atoms with Crippen LogP contribution in [0.5, 0.6) is 0 Å². The van der Waals surface area contributed by atoms with Crippen LogP contribution in [0.25, 0.3) is 0 Å². The van der Waals surface area contributed by atoms with Crippen LogP contribution in [0, 0.1) is 6.92 Å². The van der Waals surface area contributed by atoms with E-state index < -0.39 is 0 Å². The molecule has 2 N–H and O–H groups in total. The molecule has 0 aromatic heterocycles. The maximum absolute atomic E-state index is 12.1. The minimum absolute atomic E-state index is 0. The Balaban J connectivity index is 0.00000162. The van der Waals surface area contributed by atoms with Crippen LogP contribution in [0.1, 0.15) is 15.9 Å². The van der Waals surface area contributed by atoms with Crippen molar-refractivity contribution in [2.75, 3.05) is 5.01 Å². The highest BCUT2D eigenvalue weighted by molar-refractivity contribution is 6.05. The number of nitrogens with two attached hydrogens (primary N) is 1. The number of halogens is 1. The zero-order chi connectivity index (χ0) is 12.3. The van der Waals surface area contributed by atoms with Crippen molar-refractivity contribution >= 4 is 24.0 Å². The van der Waals surface area contributed by atoms with Crippen LogP contribution >= 0.6 is 12.4 Å². The molecule has 0 aliphatic carbocycles. The van der Waals surface area contributed by atoms with Crippen LogP contribution in [0.3, 0.4) is 0 Å². The molecule has 0 saturated heterocycles. The standard InChI is InChI=1S/C14H14N2O.ClH/c1-11-6-5-7-12(10-11)14(17)16(15)13-8-3-2-4-9-13;/h2-10H,15H2,1H3;1H. The molecule has 0 fully saturated rings. The zero-order valence-electron chi connectivity index (χ0n) is 10.0. The maximum atomic E-state index is 12.1. The highest BCUT2D eigenvalue weighted by atomic mass is 35.5. The quantitative estimate of drug-likeness (QED) is 0.514. The Bertz CT molecular complexity index is 528. The van der Waals surface area contributed by atoms with Gasteiger partial charge >= 0.3 is 0 Å². The summed E-state index contributed by atoms with van der Waals surface area (Å²) in [5.41, 5.74) is 2.31. The molecule has 1 amide bonds. The number of rotatable bonds is 2. The SMILES string of the molecule is Cc1cccc(C(=O)N(N)c2ccccc2)c1.Cl. The van der Waals surface area contributed by atoms with Gasteiger partial charge in [-0.25, -0.2) is 10.9 Å². The second kappa shape index (κ2) is 6.19. The number of aryl methyl sites for hydroxylation is 1. The number of anilines is 1. The van der Waals surface area contributed by atoms with Crippen LogP contribution in [0.2, 0.25) is 0 Å². The Labute approximate surface area is 113 Å². The van der Waals surface area contributed by atoms with Gasteiger partial charge in [0, 0.05) is 5.56 Å². The molecule has 0 aliphatic heterocycles. The van der Waals surface area contributed by atoms with E-state index in [1.165, 1.54) is 0 Å². The predicted molar refractivity (Wildman–Crippen MR) is 75.9 cm³/mol. The molecule has 18 heavy (non-hydrogen) atoms. The number of carbonyl (C=O) groups excluding carboxylic acids is 1. The summed E-state index contributed by atoms with van der Waals surface area (Å²) in [6.45, 7) is 1.94. The summed E-state index contributed by atoms with van der Waals surface area (Å²) in [5, 5.41) is 1.16. The number of benzene rings is 2. The molecule has 0 radical (unpaired) electrons. The summed E-state index contributed by atoms with van der Waals surface area (Å²) in [6, 6.07) is 16.6. The van der Waals surface area contributed by atoms with E-state index in [-0.39, 0.29) is 18.3 Å². The van der Waals surface area contributed by atoms with Gasteiger partial charge in [0.2, 0.25) is 0 Å². The highest BCUT2D eigenvalue weighted by Gasteiger charge is 2.13. The Morgan fingerprint density at radius 1 is 1.06 bits per heavy atom. The molecule has 94 valence electrons. The number of hydrogen-bond acceptors (Lipinski definition) is 2. The fourth-order valence-electron chi connectivity index (χ4n) is 1.62. The molecule has 0 heterocycles. The van der Waals surface area contributed by atoms with Gasteiger partial charge in [-0.3, -0.25) is 4.79 Å². The summed E-state index contributed by atoms with van der Waals surface area (Å²) >= 11 is 0. The number of hydrazine groups is 1. The van der Waals surface area contributed by atoms with E-state index >= 15 is 0 Å². The summed E-state index contributed by atoms with van der Waals surface area (Å²) < 4.78 is 0. The molecule has 3 nitrogen and oxygen atoms in total. The lowest BCUT2D eigenvalue weighted by molar-refractivity contribution is 0.0987. The summed E-state index contributed by atoms with van der Waals surface area (Å²) in [6.07, 6.45) is 0.